The van der Waals surface area contributed by atoms with Gasteiger partial charge in [-0.3, -0.25) is 0 Å². The van der Waals surface area contributed by atoms with E-state index in [0.29, 0.717) is 12.1 Å². The molecule has 0 atom stereocenters. The number of alkyl halides is 6. The Labute approximate surface area is 232 Å². The Balaban J connectivity index is -0.000000471. The van der Waals surface area contributed by atoms with Crippen LogP contribution in [0.25, 0.3) is 6.08 Å². The minimum atomic E-state index is -4.87. The lowest BCUT2D eigenvalue weighted by molar-refractivity contribution is -0.150. The van der Waals surface area contributed by atoms with Crippen molar-refractivity contribution in [2.75, 3.05) is 7.11 Å². The van der Waals surface area contributed by atoms with E-state index in [1.54, 1.807) is 13.2 Å². The van der Waals surface area contributed by atoms with E-state index in [-0.39, 0.29) is 5.56 Å². The lowest BCUT2D eigenvalue weighted by Crippen LogP contribution is -2.15. The van der Waals surface area contributed by atoms with Crippen molar-refractivity contribution in [1.29, 1.82) is 0 Å². The molecule has 0 bridgehead atoms. The normalized spacial score (nSPS) is 15.9. The Kier molecular flexibility index (Phi) is 23.5. The summed E-state index contributed by atoms with van der Waals surface area (Å²) in [4.78, 5) is 2.53. The number of hydrogen-bond donors (Lipinski definition) is 0. The molecule has 39 heavy (non-hydrogen) atoms. The van der Waals surface area contributed by atoms with Gasteiger partial charge in [0.15, 0.2) is 0 Å². The predicted octanol–water partition coefficient (Wildman–Crippen LogP) is 11.7. The standard InChI is InChI=1S/C9H10O.C8H5F6N.C8H16.3C2H6/c1-3-8-4-6-9(10-2)7-5-8;1-4-2-5(7(9,10)11)15-6(3-4)8(12,13)14;1-7-3-5-8(2)6-4-7;3*1-2/h3-7H,1H2,2H3;2-3H,1H3;7-8H,3-6H2,1-2H3;3*1-2H3. The van der Waals surface area contributed by atoms with Gasteiger partial charge in [-0.1, -0.05) is 106 Å². The average molecular weight is 566 g/mol. The molecule has 1 saturated carbocycles. The van der Waals surface area contributed by atoms with E-state index >= 15 is 0 Å². The number of ether oxygens (including phenoxy) is 1. The fourth-order valence-electron chi connectivity index (χ4n) is 3.12. The van der Waals surface area contributed by atoms with Crippen LogP contribution in [0.1, 0.15) is 104 Å². The maximum atomic E-state index is 12.1. The van der Waals surface area contributed by atoms with Crippen LogP contribution in [0.15, 0.2) is 43.0 Å². The van der Waals surface area contributed by atoms with Crippen molar-refractivity contribution < 1.29 is 31.1 Å². The smallest absolute Gasteiger partial charge is 0.433 e. The first-order valence-corrected chi connectivity index (χ1v) is 13.7. The van der Waals surface area contributed by atoms with Crippen LogP contribution < -0.4 is 4.74 Å². The zero-order valence-corrected chi connectivity index (χ0v) is 25.4. The Morgan fingerprint density at radius 2 is 1.08 bits per heavy atom. The first-order valence-electron chi connectivity index (χ1n) is 13.7. The van der Waals surface area contributed by atoms with Crippen molar-refractivity contribution in [1.82, 2.24) is 4.98 Å². The highest BCUT2D eigenvalue weighted by atomic mass is 19.4. The van der Waals surface area contributed by atoms with Gasteiger partial charge in [-0.2, -0.15) is 26.3 Å². The Bertz CT molecular complexity index is 811. The van der Waals surface area contributed by atoms with E-state index in [0.717, 1.165) is 30.1 Å². The molecule has 0 unspecified atom stereocenters. The minimum Gasteiger partial charge on any atom is -0.497 e. The maximum Gasteiger partial charge on any atom is 0.433 e. The zero-order valence-electron chi connectivity index (χ0n) is 25.4. The summed E-state index contributed by atoms with van der Waals surface area (Å²) in [6.45, 7) is 21.5. The van der Waals surface area contributed by atoms with Crippen molar-refractivity contribution in [3.05, 3.63) is 65.5 Å². The molecule has 0 aliphatic heterocycles. The number of aryl methyl sites for hydroxylation is 1. The summed E-state index contributed by atoms with van der Waals surface area (Å²) in [6, 6.07) is 8.89. The van der Waals surface area contributed by atoms with Crippen molar-refractivity contribution in [3.8, 4) is 5.75 Å². The monoisotopic (exact) mass is 565 g/mol. The molecule has 1 aliphatic carbocycles. The molecule has 0 amide bonds. The molecule has 1 heterocycles. The first-order chi connectivity index (χ1) is 18.3. The summed E-state index contributed by atoms with van der Waals surface area (Å²) in [5.41, 5.74) is -2.09. The number of pyridine rings is 1. The number of benzene rings is 1. The van der Waals surface area contributed by atoms with Crippen LogP contribution in [0.2, 0.25) is 0 Å². The second-order valence-corrected chi connectivity index (χ2v) is 8.25. The molecule has 2 aromatic rings. The molecule has 0 spiro atoms. The highest BCUT2D eigenvalue weighted by Gasteiger charge is 2.38. The molecular formula is C31H49F6NO. The van der Waals surface area contributed by atoms with Gasteiger partial charge in [-0.05, 0) is 54.2 Å². The Morgan fingerprint density at radius 1 is 0.744 bits per heavy atom. The van der Waals surface area contributed by atoms with Gasteiger partial charge in [0.25, 0.3) is 0 Å². The first kappa shape index (κ1) is 41.0. The van der Waals surface area contributed by atoms with Gasteiger partial charge in [0.2, 0.25) is 0 Å². The zero-order chi connectivity index (χ0) is 31.2. The third-order valence-electron chi connectivity index (χ3n) is 5.21. The largest absolute Gasteiger partial charge is 0.497 e. The molecule has 1 aliphatic rings. The summed E-state index contributed by atoms with van der Waals surface area (Å²) in [5.74, 6) is 2.92. The number of hydrogen-bond acceptors (Lipinski definition) is 2. The summed E-state index contributed by atoms with van der Waals surface area (Å²) in [6.07, 6.45) is -2.04. The molecule has 8 heteroatoms. The molecule has 0 saturated heterocycles. The fourth-order valence-corrected chi connectivity index (χ4v) is 3.12. The fraction of sp³-hybridized carbons (Fsp3) is 0.581. The third kappa shape index (κ3) is 19.2. The molecule has 1 aromatic heterocycles. The van der Waals surface area contributed by atoms with E-state index in [1.807, 2.05) is 65.8 Å². The number of halogens is 6. The van der Waals surface area contributed by atoms with Crippen molar-refractivity contribution in [3.63, 3.8) is 0 Å². The van der Waals surface area contributed by atoms with Crippen LogP contribution in [-0.4, -0.2) is 12.1 Å². The number of rotatable bonds is 2. The van der Waals surface area contributed by atoms with E-state index in [9.17, 15) is 26.3 Å². The highest BCUT2D eigenvalue weighted by Crippen LogP contribution is 2.33. The second-order valence-electron chi connectivity index (χ2n) is 8.25. The predicted molar refractivity (Wildman–Crippen MR) is 153 cm³/mol. The van der Waals surface area contributed by atoms with E-state index in [1.165, 1.54) is 25.7 Å². The quantitative estimate of drug-likeness (QED) is 0.338. The van der Waals surface area contributed by atoms with Gasteiger partial charge >= 0.3 is 12.4 Å². The van der Waals surface area contributed by atoms with E-state index in [2.05, 4.69) is 25.4 Å². The molecule has 0 radical (unpaired) electrons. The van der Waals surface area contributed by atoms with E-state index in [4.69, 9.17) is 4.74 Å². The van der Waals surface area contributed by atoms with E-state index < -0.39 is 23.7 Å². The van der Waals surface area contributed by atoms with Crippen molar-refractivity contribution in [2.24, 2.45) is 11.8 Å². The Hall–Kier alpha value is -2.51. The van der Waals surface area contributed by atoms with Gasteiger partial charge < -0.3 is 4.74 Å². The van der Waals surface area contributed by atoms with Gasteiger partial charge in [-0.15, -0.1) is 0 Å². The molecule has 226 valence electrons. The molecule has 0 N–H and O–H groups in total. The maximum absolute atomic E-state index is 12.1. The van der Waals surface area contributed by atoms with Crippen molar-refractivity contribution in [2.45, 2.75) is 100 Å². The SMILES string of the molecule is C=Cc1ccc(OC)cc1.CC.CC.CC.CC1CCC(C)CC1.Cc1cc(C(F)(F)F)nc(C(F)(F)F)c1. The summed E-state index contributed by atoms with van der Waals surface area (Å²) >= 11 is 0. The van der Waals surface area contributed by atoms with Gasteiger partial charge in [0.05, 0.1) is 7.11 Å². The Morgan fingerprint density at radius 3 is 1.33 bits per heavy atom. The summed E-state index contributed by atoms with van der Waals surface area (Å²) in [5, 5.41) is 0. The van der Waals surface area contributed by atoms with Crippen LogP contribution in [0.5, 0.6) is 5.75 Å². The molecule has 3 rings (SSSR count). The van der Waals surface area contributed by atoms with Gasteiger partial charge in [-0.25, -0.2) is 4.98 Å². The van der Waals surface area contributed by atoms with Crippen LogP contribution in [-0.2, 0) is 12.4 Å². The molecule has 1 fully saturated rings. The highest BCUT2D eigenvalue weighted by molar-refractivity contribution is 5.48. The van der Waals surface area contributed by atoms with Gasteiger partial charge in [0, 0.05) is 0 Å². The minimum absolute atomic E-state index is 0.135. The average Bonchev–Trinajstić information content (AvgIpc) is 2.93. The lowest BCUT2D eigenvalue weighted by atomic mass is 9.84. The lowest BCUT2D eigenvalue weighted by Gasteiger charge is -2.22. The van der Waals surface area contributed by atoms with Crippen LogP contribution in [0, 0.1) is 18.8 Å². The molecule has 2 nitrogen and oxygen atoms in total. The third-order valence-corrected chi connectivity index (χ3v) is 5.21. The van der Waals surface area contributed by atoms with Crippen LogP contribution >= 0.6 is 0 Å². The number of aromatic nitrogens is 1. The van der Waals surface area contributed by atoms with Gasteiger partial charge in [0.1, 0.15) is 17.1 Å². The number of methoxy groups -OCH3 is 1. The number of nitrogens with zero attached hydrogens (tertiary/aromatic N) is 1. The van der Waals surface area contributed by atoms with Crippen LogP contribution in [0.4, 0.5) is 26.3 Å². The molecular weight excluding hydrogens is 516 g/mol. The molecule has 1 aromatic carbocycles. The topological polar surface area (TPSA) is 22.1 Å². The second kappa shape index (κ2) is 22.3. The summed E-state index contributed by atoms with van der Waals surface area (Å²) in [7, 11) is 1.66. The van der Waals surface area contributed by atoms with Crippen molar-refractivity contribution >= 4 is 6.08 Å². The summed E-state index contributed by atoms with van der Waals surface area (Å²) < 4.78 is 77.6. The van der Waals surface area contributed by atoms with Crippen LogP contribution in [0.3, 0.4) is 0 Å².